The van der Waals surface area contributed by atoms with Gasteiger partial charge in [-0.3, -0.25) is 0 Å². The number of nitrogens with zero attached hydrogens (tertiary/aromatic N) is 1. The maximum atomic E-state index is 12.3. The van der Waals surface area contributed by atoms with Crippen LogP contribution in [-0.2, 0) is 9.53 Å². The minimum Gasteiger partial charge on any atom is -0.458 e. The minimum atomic E-state index is -0.0207. The molecule has 4 aliphatic rings. The molecule has 0 saturated heterocycles. The third kappa shape index (κ3) is 3.36. The highest BCUT2D eigenvalue weighted by Crippen LogP contribution is 2.67. The van der Waals surface area contributed by atoms with Crippen LogP contribution in [0.15, 0.2) is 12.2 Å². The summed E-state index contributed by atoms with van der Waals surface area (Å²) < 4.78 is 6.57. The molecule has 0 aliphatic heterocycles. The van der Waals surface area contributed by atoms with Gasteiger partial charge in [0.1, 0.15) is 6.10 Å². The van der Waals surface area contributed by atoms with Gasteiger partial charge in [0, 0.05) is 0 Å². The fraction of sp³-hybridized carbons (Fsp3) is 0.880. The van der Waals surface area contributed by atoms with Gasteiger partial charge in [-0.15, -0.1) is 0 Å². The number of likely N-dealkylation sites (N-methyl/N-ethyl adjacent to an activating group) is 1. The van der Waals surface area contributed by atoms with Crippen LogP contribution in [0.2, 0.25) is 0 Å². The highest BCUT2D eigenvalue weighted by molar-refractivity contribution is 5.70. The lowest BCUT2D eigenvalue weighted by molar-refractivity contribution is -0.862. The van der Waals surface area contributed by atoms with Crippen LogP contribution in [0.5, 0.6) is 0 Å². The summed E-state index contributed by atoms with van der Waals surface area (Å²) in [6.45, 7) is 10.0. The third-order valence-electron chi connectivity index (χ3n) is 9.47. The van der Waals surface area contributed by atoms with Crippen LogP contribution in [0, 0.1) is 34.5 Å². The Morgan fingerprint density at radius 1 is 1.07 bits per heavy atom. The van der Waals surface area contributed by atoms with E-state index in [-0.39, 0.29) is 12.1 Å². The second-order valence-electron chi connectivity index (χ2n) is 12.1. The van der Waals surface area contributed by atoms with Crippen LogP contribution in [0.4, 0.5) is 0 Å². The summed E-state index contributed by atoms with van der Waals surface area (Å²) in [5, 5.41) is 0. The molecule has 0 unspecified atom stereocenters. The third-order valence-corrected chi connectivity index (χ3v) is 9.47. The Morgan fingerprint density at radius 3 is 2.54 bits per heavy atom. The predicted molar refractivity (Wildman–Crippen MR) is 114 cm³/mol. The Bertz CT molecular complexity index is 649. The van der Waals surface area contributed by atoms with E-state index in [1.54, 1.807) is 0 Å². The Balaban J connectivity index is 1.43. The number of carbonyl (C=O) groups is 1. The van der Waals surface area contributed by atoms with Crippen LogP contribution >= 0.6 is 0 Å². The van der Waals surface area contributed by atoms with Gasteiger partial charge in [-0.2, -0.15) is 0 Å². The second-order valence-corrected chi connectivity index (χ2v) is 12.1. The number of rotatable bonds is 3. The highest BCUT2D eigenvalue weighted by atomic mass is 16.5. The molecule has 0 bridgehead atoms. The molecular formula is C25H42NO2+. The van der Waals surface area contributed by atoms with Gasteiger partial charge in [0.15, 0.2) is 6.54 Å². The zero-order valence-electron chi connectivity index (χ0n) is 18.9. The van der Waals surface area contributed by atoms with E-state index >= 15 is 0 Å². The van der Waals surface area contributed by atoms with E-state index < -0.39 is 0 Å². The first-order chi connectivity index (χ1) is 13.0. The number of esters is 1. The molecule has 0 aromatic heterocycles. The average Bonchev–Trinajstić information content (AvgIpc) is 2.89. The molecule has 4 fully saturated rings. The summed E-state index contributed by atoms with van der Waals surface area (Å²) >= 11 is 0. The van der Waals surface area contributed by atoms with E-state index in [4.69, 9.17) is 4.74 Å². The van der Waals surface area contributed by atoms with Crippen LogP contribution in [0.3, 0.4) is 0 Å². The van der Waals surface area contributed by atoms with Crippen molar-refractivity contribution >= 4 is 5.97 Å². The van der Waals surface area contributed by atoms with Crippen LogP contribution in [-0.4, -0.2) is 44.2 Å². The molecule has 0 aromatic carbocycles. The number of ether oxygens (including phenoxy) is 1. The van der Waals surface area contributed by atoms with Gasteiger partial charge < -0.3 is 9.22 Å². The smallest absolute Gasteiger partial charge is 0.362 e. The summed E-state index contributed by atoms with van der Waals surface area (Å²) in [4.78, 5) is 12.3. The van der Waals surface area contributed by atoms with E-state index in [0.717, 1.165) is 36.5 Å². The fourth-order valence-electron chi connectivity index (χ4n) is 7.84. The van der Waals surface area contributed by atoms with Gasteiger partial charge in [-0.05, 0) is 92.3 Å². The monoisotopic (exact) mass is 388 g/mol. The van der Waals surface area contributed by atoms with Crippen molar-refractivity contribution in [3.05, 3.63) is 12.2 Å². The van der Waals surface area contributed by atoms with Crippen molar-refractivity contribution in [1.82, 2.24) is 0 Å². The largest absolute Gasteiger partial charge is 0.458 e. The van der Waals surface area contributed by atoms with E-state index in [1.807, 2.05) is 0 Å². The summed E-state index contributed by atoms with van der Waals surface area (Å²) in [6.07, 6.45) is 11.6. The number of hydrogen-bond acceptors (Lipinski definition) is 2. The Hall–Kier alpha value is -0.830. The van der Waals surface area contributed by atoms with Crippen LogP contribution in [0.25, 0.3) is 0 Å². The molecule has 3 nitrogen and oxygen atoms in total. The van der Waals surface area contributed by atoms with Crippen molar-refractivity contribution in [3.8, 4) is 0 Å². The number of allylic oxidation sites excluding steroid dienone is 1. The molecule has 4 rings (SSSR count). The zero-order chi connectivity index (χ0) is 20.3. The standard InChI is InChI=1S/C25H42NO2/c1-17-7-10-21-20-9-8-18-15-19(28-23(27)16-26(4,5)6)11-13-25(18,3)22(20)12-14-24(17,21)2/h18-22H,1,7-16H2,2-6H3/q+1/t18-,19-,20+,21+,22+,24-,25+/m1/s1. The summed E-state index contributed by atoms with van der Waals surface area (Å²) in [5.41, 5.74) is 2.41. The van der Waals surface area contributed by atoms with Crippen molar-refractivity contribution < 1.29 is 14.0 Å². The van der Waals surface area contributed by atoms with Gasteiger partial charge in [-0.25, -0.2) is 4.79 Å². The molecular weight excluding hydrogens is 346 g/mol. The maximum absolute atomic E-state index is 12.3. The zero-order valence-corrected chi connectivity index (χ0v) is 18.9. The lowest BCUT2D eigenvalue weighted by Crippen LogP contribution is -2.53. The molecule has 0 radical (unpaired) electrons. The lowest BCUT2D eigenvalue weighted by Gasteiger charge is -2.60. The highest BCUT2D eigenvalue weighted by Gasteiger charge is 2.58. The van der Waals surface area contributed by atoms with E-state index in [2.05, 4.69) is 41.6 Å². The van der Waals surface area contributed by atoms with Crippen molar-refractivity contribution in [3.63, 3.8) is 0 Å². The van der Waals surface area contributed by atoms with Gasteiger partial charge in [-0.1, -0.05) is 26.0 Å². The lowest BCUT2D eigenvalue weighted by atomic mass is 9.45. The van der Waals surface area contributed by atoms with Crippen LogP contribution < -0.4 is 0 Å². The molecule has 0 heterocycles. The summed E-state index contributed by atoms with van der Waals surface area (Å²) in [7, 11) is 6.15. The maximum Gasteiger partial charge on any atom is 0.362 e. The van der Waals surface area contributed by atoms with Gasteiger partial charge in [0.25, 0.3) is 0 Å². The molecule has 0 aromatic rings. The Labute approximate surface area is 172 Å². The normalized spacial score (nSPS) is 45.8. The van der Waals surface area contributed by atoms with E-state index in [1.165, 1.54) is 50.5 Å². The van der Waals surface area contributed by atoms with Crippen molar-refractivity contribution in [2.24, 2.45) is 34.5 Å². The van der Waals surface area contributed by atoms with E-state index in [9.17, 15) is 4.79 Å². The molecule has 0 N–H and O–H groups in total. The summed E-state index contributed by atoms with van der Waals surface area (Å²) in [5.74, 6) is 3.36. The predicted octanol–water partition coefficient (Wildman–Crippen LogP) is 5.20. The fourth-order valence-corrected chi connectivity index (χ4v) is 7.84. The number of fused-ring (bicyclic) bond motifs is 5. The quantitative estimate of drug-likeness (QED) is 0.377. The molecule has 4 aliphatic carbocycles. The molecule has 28 heavy (non-hydrogen) atoms. The molecule has 7 atom stereocenters. The first-order valence-corrected chi connectivity index (χ1v) is 11.7. The number of hydrogen-bond donors (Lipinski definition) is 0. The average molecular weight is 389 g/mol. The number of quaternary nitrogens is 1. The minimum absolute atomic E-state index is 0.0207. The van der Waals surface area contributed by atoms with Crippen molar-refractivity contribution in [2.75, 3.05) is 27.7 Å². The molecule has 3 heteroatoms. The topological polar surface area (TPSA) is 26.3 Å². The van der Waals surface area contributed by atoms with Gasteiger partial charge in [0.05, 0.1) is 21.1 Å². The second kappa shape index (κ2) is 6.86. The number of carbonyl (C=O) groups excluding carboxylic acids is 1. The van der Waals surface area contributed by atoms with Gasteiger partial charge in [0.2, 0.25) is 0 Å². The van der Waals surface area contributed by atoms with Crippen molar-refractivity contribution in [2.45, 2.75) is 77.7 Å². The van der Waals surface area contributed by atoms with Crippen molar-refractivity contribution in [1.29, 1.82) is 0 Å². The first kappa shape index (κ1) is 20.4. The van der Waals surface area contributed by atoms with Gasteiger partial charge >= 0.3 is 5.97 Å². The molecule has 0 amide bonds. The van der Waals surface area contributed by atoms with Crippen LogP contribution in [0.1, 0.15) is 71.6 Å². The summed E-state index contributed by atoms with van der Waals surface area (Å²) in [6, 6.07) is 0. The SMILES string of the molecule is C=C1CC[C@H]2[C@@H]3CC[C@@H]4C[C@H](OC(=O)C[N+](C)(C)C)CC[C@]4(C)[C@H]3CC[C@]12C. The molecule has 4 saturated carbocycles. The van der Waals surface area contributed by atoms with E-state index in [0.29, 0.717) is 21.9 Å². The molecule has 0 spiro atoms. The first-order valence-electron chi connectivity index (χ1n) is 11.7. The Morgan fingerprint density at radius 2 is 1.82 bits per heavy atom. The molecule has 158 valence electrons. The Kier molecular flexibility index (Phi) is 5.01.